The highest BCUT2D eigenvalue weighted by Gasteiger charge is 2.18. The molecule has 2 aromatic carbocycles. The average Bonchev–Trinajstić information content (AvgIpc) is 2.45. The minimum absolute atomic E-state index is 0.0154. The number of aryl methyl sites for hydroxylation is 1. The van der Waals surface area contributed by atoms with Gasteiger partial charge in [-0.2, -0.15) is 0 Å². The van der Waals surface area contributed by atoms with E-state index in [0.29, 0.717) is 11.3 Å². The molecule has 2 rings (SSSR count). The van der Waals surface area contributed by atoms with E-state index >= 15 is 0 Å². The highest BCUT2D eigenvalue weighted by atomic mass is 19.2. The second-order valence-electron chi connectivity index (χ2n) is 4.50. The molecule has 0 amide bonds. The van der Waals surface area contributed by atoms with E-state index in [4.69, 9.17) is 4.74 Å². The van der Waals surface area contributed by atoms with Crippen molar-refractivity contribution in [1.29, 1.82) is 0 Å². The molecule has 0 bridgehead atoms. The van der Waals surface area contributed by atoms with Gasteiger partial charge in [0.25, 0.3) is 0 Å². The first-order chi connectivity index (χ1) is 9.93. The van der Waals surface area contributed by atoms with Crippen molar-refractivity contribution in [2.45, 2.75) is 13.5 Å². The number of halogens is 4. The van der Waals surface area contributed by atoms with Gasteiger partial charge in [-0.15, -0.1) is 0 Å². The van der Waals surface area contributed by atoms with Crippen LogP contribution in [0, 0.1) is 30.2 Å². The predicted octanol–water partition coefficient (Wildman–Crippen LogP) is 4.17. The van der Waals surface area contributed by atoms with Crippen LogP contribution in [0.1, 0.15) is 11.1 Å². The van der Waals surface area contributed by atoms with Crippen LogP contribution in [0.3, 0.4) is 0 Å². The van der Waals surface area contributed by atoms with Crippen molar-refractivity contribution < 1.29 is 22.3 Å². The Kier molecular flexibility index (Phi) is 4.35. The van der Waals surface area contributed by atoms with Gasteiger partial charge in [0.15, 0.2) is 23.3 Å². The van der Waals surface area contributed by atoms with E-state index in [1.54, 1.807) is 18.2 Å². The molecule has 6 heteroatoms. The molecule has 0 radical (unpaired) electrons. The SMILES string of the molecule is COc1ccc(CNc2c(F)c(F)cc(F)c2F)cc1C. The molecule has 0 aliphatic carbocycles. The van der Waals surface area contributed by atoms with Crippen molar-refractivity contribution in [3.63, 3.8) is 0 Å². The highest BCUT2D eigenvalue weighted by Crippen LogP contribution is 2.25. The molecule has 0 saturated heterocycles. The van der Waals surface area contributed by atoms with Crippen LogP contribution >= 0.6 is 0 Å². The van der Waals surface area contributed by atoms with E-state index in [1.807, 2.05) is 6.92 Å². The van der Waals surface area contributed by atoms with Crippen LogP contribution in [0.15, 0.2) is 24.3 Å². The zero-order chi connectivity index (χ0) is 15.6. The normalized spacial score (nSPS) is 10.6. The summed E-state index contributed by atoms with van der Waals surface area (Å²) in [7, 11) is 1.53. The maximum absolute atomic E-state index is 13.5. The largest absolute Gasteiger partial charge is 0.496 e. The molecule has 0 aliphatic heterocycles. The van der Waals surface area contributed by atoms with Crippen molar-refractivity contribution in [3.8, 4) is 5.75 Å². The fraction of sp³-hybridized carbons (Fsp3) is 0.200. The summed E-state index contributed by atoms with van der Waals surface area (Å²) in [6, 6.07) is 5.31. The summed E-state index contributed by atoms with van der Waals surface area (Å²) < 4.78 is 58.2. The third-order valence-electron chi connectivity index (χ3n) is 3.04. The molecular formula is C15H13F4NO. The Labute approximate surface area is 119 Å². The molecule has 1 N–H and O–H groups in total. The molecule has 0 fully saturated rings. The van der Waals surface area contributed by atoms with E-state index in [9.17, 15) is 17.6 Å². The summed E-state index contributed by atoms with van der Waals surface area (Å²) in [6.07, 6.45) is 0. The second kappa shape index (κ2) is 6.03. The van der Waals surface area contributed by atoms with Gasteiger partial charge in [0, 0.05) is 12.6 Å². The maximum atomic E-state index is 13.5. The smallest absolute Gasteiger partial charge is 0.185 e. The Bertz CT molecular complexity index is 647. The van der Waals surface area contributed by atoms with Gasteiger partial charge in [0.05, 0.1) is 7.11 Å². The van der Waals surface area contributed by atoms with E-state index in [1.165, 1.54) is 7.11 Å². The molecule has 2 nitrogen and oxygen atoms in total. The molecule has 21 heavy (non-hydrogen) atoms. The lowest BCUT2D eigenvalue weighted by Crippen LogP contribution is -2.07. The number of hydrogen-bond acceptors (Lipinski definition) is 2. The quantitative estimate of drug-likeness (QED) is 0.676. The van der Waals surface area contributed by atoms with Crippen LogP contribution in [0.25, 0.3) is 0 Å². The first kappa shape index (κ1) is 15.2. The van der Waals surface area contributed by atoms with Crippen molar-refractivity contribution in [2.24, 2.45) is 0 Å². The number of anilines is 1. The van der Waals surface area contributed by atoms with Crippen LogP contribution in [0.5, 0.6) is 5.75 Å². The number of nitrogens with one attached hydrogen (secondary N) is 1. The Morgan fingerprint density at radius 1 is 1.00 bits per heavy atom. The van der Waals surface area contributed by atoms with Gasteiger partial charge in [0.2, 0.25) is 0 Å². The fourth-order valence-electron chi connectivity index (χ4n) is 1.97. The fourth-order valence-corrected chi connectivity index (χ4v) is 1.97. The van der Waals surface area contributed by atoms with Gasteiger partial charge in [-0.25, -0.2) is 17.6 Å². The maximum Gasteiger partial charge on any atom is 0.185 e. The van der Waals surface area contributed by atoms with Gasteiger partial charge in [-0.1, -0.05) is 12.1 Å². The monoisotopic (exact) mass is 299 g/mol. The summed E-state index contributed by atoms with van der Waals surface area (Å²) in [6.45, 7) is 1.83. The standard InChI is InChI=1S/C15H13F4NO/c1-8-5-9(3-4-12(8)21-2)7-20-15-13(18)10(16)6-11(17)14(15)19/h3-6,20H,7H2,1-2H3. The number of methoxy groups -OCH3 is 1. The van der Waals surface area contributed by atoms with Crippen molar-refractivity contribution in [2.75, 3.05) is 12.4 Å². The number of ether oxygens (including phenoxy) is 1. The first-order valence-corrected chi connectivity index (χ1v) is 6.14. The zero-order valence-corrected chi connectivity index (χ0v) is 11.4. The molecule has 0 aromatic heterocycles. The van der Waals surface area contributed by atoms with Crippen molar-refractivity contribution >= 4 is 5.69 Å². The number of rotatable bonds is 4. The van der Waals surface area contributed by atoms with Crippen molar-refractivity contribution in [3.05, 3.63) is 58.7 Å². The number of hydrogen-bond donors (Lipinski definition) is 1. The lowest BCUT2D eigenvalue weighted by molar-refractivity contribution is 0.411. The first-order valence-electron chi connectivity index (χ1n) is 6.14. The van der Waals surface area contributed by atoms with Gasteiger partial charge in [0.1, 0.15) is 11.4 Å². The van der Waals surface area contributed by atoms with Gasteiger partial charge in [-0.05, 0) is 24.1 Å². The van der Waals surface area contributed by atoms with Crippen LogP contribution in [0.2, 0.25) is 0 Å². The van der Waals surface area contributed by atoms with Crippen LogP contribution in [0.4, 0.5) is 23.2 Å². The molecule has 2 aromatic rings. The summed E-state index contributed by atoms with van der Waals surface area (Å²) in [5, 5.41) is 2.37. The van der Waals surface area contributed by atoms with Gasteiger partial charge in [-0.3, -0.25) is 0 Å². The zero-order valence-electron chi connectivity index (χ0n) is 11.4. The van der Waals surface area contributed by atoms with E-state index in [0.717, 1.165) is 5.56 Å². The summed E-state index contributed by atoms with van der Waals surface area (Å²) in [5.41, 5.74) is 0.709. The Balaban J connectivity index is 2.22. The summed E-state index contributed by atoms with van der Waals surface area (Å²) in [4.78, 5) is 0. The van der Waals surface area contributed by atoms with Crippen LogP contribution < -0.4 is 10.1 Å². The molecular weight excluding hydrogens is 286 g/mol. The van der Waals surface area contributed by atoms with Crippen molar-refractivity contribution in [1.82, 2.24) is 0 Å². The van der Waals surface area contributed by atoms with Gasteiger partial charge < -0.3 is 10.1 Å². The average molecular weight is 299 g/mol. The summed E-state index contributed by atoms with van der Waals surface area (Å²) >= 11 is 0. The Hall–Kier alpha value is -2.24. The topological polar surface area (TPSA) is 21.3 Å². The molecule has 0 atom stereocenters. The number of benzene rings is 2. The molecule has 0 unspecified atom stereocenters. The lowest BCUT2D eigenvalue weighted by Gasteiger charge is -2.11. The molecule has 112 valence electrons. The van der Waals surface area contributed by atoms with Crippen LogP contribution in [-0.4, -0.2) is 7.11 Å². The molecule has 0 saturated carbocycles. The third-order valence-corrected chi connectivity index (χ3v) is 3.04. The third kappa shape index (κ3) is 3.09. The molecule has 0 heterocycles. The van der Waals surface area contributed by atoms with Gasteiger partial charge >= 0.3 is 0 Å². The van der Waals surface area contributed by atoms with Crippen LogP contribution in [-0.2, 0) is 6.54 Å². The lowest BCUT2D eigenvalue weighted by atomic mass is 10.1. The minimum atomic E-state index is -1.45. The van der Waals surface area contributed by atoms with E-state index in [2.05, 4.69) is 5.32 Å². The molecule has 0 aliphatic rings. The minimum Gasteiger partial charge on any atom is -0.496 e. The van der Waals surface area contributed by atoms with E-state index in [-0.39, 0.29) is 12.6 Å². The summed E-state index contributed by atoms with van der Waals surface area (Å²) in [5.74, 6) is -5.10. The second-order valence-corrected chi connectivity index (χ2v) is 4.50. The Morgan fingerprint density at radius 2 is 1.62 bits per heavy atom. The van der Waals surface area contributed by atoms with E-state index < -0.39 is 29.0 Å². The molecule has 0 spiro atoms. The Morgan fingerprint density at radius 3 is 2.14 bits per heavy atom. The predicted molar refractivity (Wildman–Crippen MR) is 71.3 cm³/mol. The highest BCUT2D eigenvalue weighted by molar-refractivity contribution is 5.48.